The number of aromatic nitrogens is 3. The van der Waals surface area contributed by atoms with E-state index in [1.807, 2.05) is 19.1 Å². The second-order valence-electron chi connectivity index (χ2n) is 7.76. The quantitative estimate of drug-likeness (QED) is 0.585. The van der Waals surface area contributed by atoms with Crippen LogP contribution in [0.3, 0.4) is 0 Å². The number of amides is 1. The van der Waals surface area contributed by atoms with E-state index in [-0.39, 0.29) is 42.4 Å². The van der Waals surface area contributed by atoms with Crippen molar-refractivity contribution in [3.63, 3.8) is 0 Å². The highest BCUT2D eigenvalue weighted by Crippen LogP contribution is 2.18. The van der Waals surface area contributed by atoms with Gasteiger partial charge in [-0.15, -0.1) is 0 Å². The number of piperazine rings is 1. The molecule has 9 nitrogen and oxygen atoms in total. The molecule has 0 bridgehead atoms. The van der Waals surface area contributed by atoms with Crippen LogP contribution < -0.4 is 5.56 Å². The summed E-state index contributed by atoms with van der Waals surface area (Å²) >= 11 is 0. The van der Waals surface area contributed by atoms with Gasteiger partial charge in [0.2, 0.25) is 15.9 Å². The van der Waals surface area contributed by atoms with Crippen LogP contribution in [0.5, 0.6) is 0 Å². The van der Waals surface area contributed by atoms with Crippen molar-refractivity contribution in [2.75, 3.05) is 26.2 Å². The molecule has 1 aliphatic heterocycles. The van der Waals surface area contributed by atoms with Gasteiger partial charge in [0.05, 0.1) is 22.1 Å². The van der Waals surface area contributed by atoms with Crippen molar-refractivity contribution in [3.05, 3.63) is 58.9 Å². The van der Waals surface area contributed by atoms with Gasteiger partial charge in [0.1, 0.15) is 0 Å². The summed E-state index contributed by atoms with van der Waals surface area (Å²) in [6.07, 6.45) is 4.90. The first-order chi connectivity index (χ1) is 14.8. The number of fused-ring (bicyclic) bond motifs is 1. The number of sulfonamides is 1. The molecular formula is C21H25N5O4S. The van der Waals surface area contributed by atoms with E-state index in [2.05, 4.69) is 4.98 Å². The zero-order valence-corrected chi connectivity index (χ0v) is 18.4. The molecule has 0 unspecified atom stereocenters. The minimum absolute atomic E-state index is 0.104. The number of aryl methyl sites for hydroxylation is 3. The van der Waals surface area contributed by atoms with Gasteiger partial charge < -0.3 is 9.47 Å². The first kappa shape index (κ1) is 21.3. The molecule has 3 heterocycles. The Morgan fingerprint density at radius 2 is 1.87 bits per heavy atom. The van der Waals surface area contributed by atoms with Crippen molar-refractivity contribution in [3.8, 4) is 0 Å². The fraction of sp³-hybridized carbons (Fsp3) is 0.381. The maximum atomic E-state index is 12.7. The number of rotatable bonds is 5. The van der Waals surface area contributed by atoms with Crippen LogP contribution in [0.4, 0.5) is 0 Å². The molecule has 3 aromatic rings. The van der Waals surface area contributed by atoms with Crippen LogP contribution in [0.2, 0.25) is 0 Å². The van der Waals surface area contributed by atoms with E-state index in [1.54, 1.807) is 41.0 Å². The Labute approximate surface area is 180 Å². The summed E-state index contributed by atoms with van der Waals surface area (Å²) in [7, 11) is -1.78. The second kappa shape index (κ2) is 8.27. The average Bonchev–Trinajstić information content (AvgIpc) is 3.21. The molecule has 164 valence electrons. The molecule has 0 atom stereocenters. The lowest BCUT2D eigenvalue weighted by atomic mass is 10.1. The largest absolute Gasteiger partial charge is 0.356 e. The molecule has 0 saturated carbocycles. The predicted molar refractivity (Wildman–Crippen MR) is 116 cm³/mol. The smallest absolute Gasteiger partial charge is 0.261 e. The van der Waals surface area contributed by atoms with Crippen LogP contribution in [0.1, 0.15) is 12.0 Å². The van der Waals surface area contributed by atoms with Crippen molar-refractivity contribution in [2.24, 2.45) is 7.05 Å². The van der Waals surface area contributed by atoms with Crippen LogP contribution >= 0.6 is 0 Å². The molecule has 4 rings (SSSR count). The maximum Gasteiger partial charge on any atom is 0.261 e. The normalized spacial score (nSPS) is 15.5. The Morgan fingerprint density at radius 1 is 1.13 bits per heavy atom. The molecule has 0 aliphatic carbocycles. The predicted octanol–water partition coefficient (Wildman–Crippen LogP) is 0.967. The number of carbonyl (C=O) groups is 1. The number of carbonyl (C=O) groups excluding carboxylic acids is 1. The summed E-state index contributed by atoms with van der Waals surface area (Å²) in [5.74, 6) is -0.104. The highest BCUT2D eigenvalue weighted by molar-refractivity contribution is 7.89. The van der Waals surface area contributed by atoms with E-state index in [9.17, 15) is 18.0 Å². The van der Waals surface area contributed by atoms with Gasteiger partial charge in [-0.05, 0) is 24.6 Å². The number of hydrogen-bond donors (Lipinski definition) is 0. The molecule has 1 saturated heterocycles. The first-order valence-electron chi connectivity index (χ1n) is 10.1. The summed E-state index contributed by atoms with van der Waals surface area (Å²) in [4.78, 5) is 31.6. The molecule has 10 heteroatoms. The van der Waals surface area contributed by atoms with Gasteiger partial charge in [-0.3, -0.25) is 14.2 Å². The highest BCUT2D eigenvalue weighted by atomic mass is 32.2. The van der Waals surface area contributed by atoms with Crippen molar-refractivity contribution < 1.29 is 13.2 Å². The minimum atomic E-state index is -3.55. The summed E-state index contributed by atoms with van der Waals surface area (Å²) < 4.78 is 30.0. The molecule has 1 amide bonds. The third-order valence-corrected chi connectivity index (χ3v) is 7.54. The number of hydrogen-bond acceptors (Lipinski definition) is 5. The topological polar surface area (TPSA) is 97.5 Å². The minimum Gasteiger partial charge on any atom is -0.356 e. The van der Waals surface area contributed by atoms with E-state index < -0.39 is 10.0 Å². The van der Waals surface area contributed by atoms with Gasteiger partial charge in [0.25, 0.3) is 5.56 Å². The van der Waals surface area contributed by atoms with Crippen LogP contribution in [0.25, 0.3) is 10.9 Å². The van der Waals surface area contributed by atoms with Crippen molar-refractivity contribution in [1.29, 1.82) is 0 Å². The van der Waals surface area contributed by atoms with E-state index in [0.29, 0.717) is 24.0 Å². The Bertz CT molecular complexity index is 1290. The monoisotopic (exact) mass is 443 g/mol. The standard InChI is InChI=1S/C21H25N5O4S/c1-16-4-3-5-18-20(16)22-15-25(21(18)28)9-7-19(27)24-10-12-26(13-11-24)31(29,30)17-6-8-23(2)14-17/h3-6,8,14-15H,7,9-13H2,1-2H3. The lowest BCUT2D eigenvalue weighted by Gasteiger charge is -2.34. The molecule has 0 spiro atoms. The van der Waals surface area contributed by atoms with Crippen LogP contribution in [-0.2, 0) is 28.4 Å². The van der Waals surface area contributed by atoms with Gasteiger partial charge >= 0.3 is 0 Å². The summed E-state index contributed by atoms with van der Waals surface area (Å²) in [6, 6.07) is 7.03. The Balaban J connectivity index is 1.37. The second-order valence-corrected chi connectivity index (χ2v) is 9.70. The maximum absolute atomic E-state index is 12.7. The number of benzene rings is 1. The zero-order chi connectivity index (χ0) is 22.2. The van der Waals surface area contributed by atoms with E-state index in [0.717, 1.165) is 5.56 Å². The number of para-hydroxylation sites is 1. The lowest BCUT2D eigenvalue weighted by molar-refractivity contribution is -0.132. The van der Waals surface area contributed by atoms with E-state index in [4.69, 9.17) is 0 Å². The summed E-state index contributed by atoms with van der Waals surface area (Å²) in [5.41, 5.74) is 1.44. The highest BCUT2D eigenvalue weighted by Gasteiger charge is 2.30. The van der Waals surface area contributed by atoms with Crippen LogP contribution in [-0.4, -0.2) is 63.8 Å². The average molecular weight is 444 g/mol. The van der Waals surface area contributed by atoms with Gasteiger partial charge in [-0.25, -0.2) is 13.4 Å². The van der Waals surface area contributed by atoms with Gasteiger partial charge in [-0.1, -0.05) is 12.1 Å². The first-order valence-corrected chi connectivity index (χ1v) is 11.6. The van der Waals surface area contributed by atoms with E-state index in [1.165, 1.54) is 15.2 Å². The molecule has 0 radical (unpaired) electrons. The molecule has 1 aromatic carbocycles. The fourth-order valence-corrected chi connectivity index (χ4v) is 5.30. The summed E-state index contributed by atoms with van der Waals surface area (Å²) in [5, 5.41) is 0.537. The number of nitrogens with zero attached hydrogens (tertiary/aromatic N) is 5. The van der Waals surface area contributed by atoms with E-state index >= 15 is 0 Å². The van der Waals surface area contributed by atoms with Gasteiger partial charge in [0.15, 0.2) is 0 Å². The van der Waals surface area contributed by atoms with Gasteiger partial charge in [-0.2, -0.15) is 4.31 Å². The van der Waals surface area contributed by atoms with Crippen LogP contribution in [0, 0.1) is 6.92 Å². The Kier molecular flexibility index (Phi) is 5.67. The molecule has 2 aromatic heterocycles. The molecular weight excluding hydrogens is 418 g/mol. The fourth-order valence-electron chi connectivity index (χ4n) is 3.83. The van der Waals surface area contributed by atoms with Crippen molar-refractivity contribution >= 4 is 26.8 Å². The zero-order valence-electron chi connectivity index (χ0n) is 17.6. The van der Waals surface area contributed by atoms with Crippen molar-refractivity contribution in [2.45, 2.75) is 24.8 Å². The molecule has 1 aliphatic rings. The molecule has 31 heavy (non-hydrogen) atoms. The SMILES string of the molecule is Cc1cccc2c(=O)n(CCC(=O)N3CCN(S(=O)(=O)c4ccn(C)c4)CC3)cnc12. The summed E-state index contributed by atoms with van der Waals surface area (Å²) in [6.45, 7) is 3.29. The molecule has 0 N–H and O–H groups in total. The van der Waals surface area contributed by atoms with Crippen molar-refractivity contribution in [1.82, 2.24) is 23.3 Å². The Morgan fingerprint density at radius 3 is 2.55 bits per heavy atom. The molecule has 1 fully saturated rings. The van der Waals surface area contributed by atoms with Gasteiger partial charge in [0, 0.05) is 58.6 Å². The third-order valence-electron chi connectivity index (χ3n) is 5.66. The third kappa shape index (κ3) is 4.13. The lowest BCUT2D eigenvalue weighted by Crippen LogP contribution is -2.50. The Hall–Kier alpha value is -2.98. The van der Waals surface area contributed by atoms with Crippen LogP contribution in [0.15, 0.2) is 52.7 Å².